The summed E-state index contributed by atoms with van der Waals surface area (Å²) in [5.41, 5.74) is 4.64. The quantitative estimate of drug-likeness (QED) is 0.346. The number of aryl methyl sites for hydroxylation is 1. The SMILES string of the molecule is Cc1ccc2nc(-c3cccc(NC(=S)NC(=O)c4cccc(OCC(C)C)c4)c3)oc2c1. The van der Waals surface area contributed by atoms with Crippen LogP contribution >= 0.6 is 12.2 Å². The summed E-state index contributed by atoms with van der Waals surface area (Å²) in [7, 11) is 0. The smallest absolute Gasteiger partial charge is 0.257 e. The van der Waals surface area contributed by atoms with Crippen LogP contribution in [0.3, 0.4) is 0 Å². The molecule has 0 unspecified atom stereocenters. The molecule has 0 aliphatic heterocycles. The van der Waals surface area contributed by atoms with E-state index >= 15 is 0 Å². The summed E-state index contributed by atoms with van der Waals surface area (Å²) in [5.74, 6) is 1.26. The van der Waals surface area contributed by atoms with Gasteiger partial charge in [0.1, 0.15) is 11.3 Å². The third kappa shape index (κ3) is 5.75. The molecule has 3 aromatic carbocycles. The lowest BCUT2D eigenvalue weighted by Crippen LogP contribution is -2.34. The fraction of sp³-hybridized carbons (Fsp3) is 0.192. The predicted molar refractivity (Wildman–Crippen MR) is 135 cm³/mol. The van der Waals surface area contributed by atoms with E-state index in [1.54, 1.807) is 18.2 Å². The van der Waals surface area contributed by atoms with Crippen molar-refractivity contribution in [1.29, 1.82) is 0 Å². The number of rotatable bonds is 6. The zero-order chi connectivity index (χ0) is 23.4. The number of thiocarbonyl (C=S) groups is 1. The highest BCUT2D eigenvalue weighted by Gasteiger charge is 2.12. The van der Waals surface area contributed by atoms with E-state index in [9.17, 15) is 4.79 Å². The van der Waals surface area contributed by atoms with E-state index in [4.69, 9.17) is 21.4 Å². The molecule has 7 heteroatoms. The first-order chi connectivity index (χ1) is 15.9. The molecule has 2 N–H and O–H groups in total. The van der Waals surface area contributed by atoms with Gasteiger partial charge in [0.15, 0.2) is 10.7 Å². The second-order valence-electron chi connectivity index (χ2n) is 8.21. The van der Waals surface area contributed by atoms with Crippen LogP contribution in [0.5, 0.6) is 5.75 Å². The number of fused-ring (bicyclic) bond motifs is 1. The molecule has 4 aromatic rings. The van der Waals surface area contributed by atoms with E-state index in [1.807, 2.05) is 55.5 Å². The van der Waals surface area contributed by atoms with Crippen LogP contribution < -0.4 is 15.4 Å². The van der Waals surface area contributed by atoms with Gasteiger partial charge in [-0.05, 0) is 79.2 Å². The van der Waals surface area contributed by atoms with Crippen molar-refractivity contribution in [3.8, 4) is 17.2 Å². The van der Waals surface area contributed by atoms with Crippen LogP contribution in [0.25, 0.3) is 22.6 Å². The van der Waals surface area contributed by atoms with Crippen LogP contribution in [-0.4, -0.2) is 22.6 Å². The van der Waals surface area contributed by atoms with Crippen LogP contribution in [0.2, 0.25) is 0 Å². The monoisotopic (exact) mass is 459 g/mol. The lowest BCUT2D eigenvalue weighted by Gasteiger charge is -2.12. The fourth-order valence-electron chi connectivity index (χ4n) is 3.21. The Hall–Kier alpha value is -3.71. The second kappa shape index (κ2) is 9.83. The van der Waals surface area contributed by atoms with Crippen molar-refractivity contribution >= 4 is 40.0 Å². The number of carbonyl (C=O) groups excluding carboxylic acids is 1. The maximum Gasteiger partial charge on any atom is 0.257 e. The molecule has 6 nitrogen and oxygen atoms in total. The highest BCUT2D eigenvalue weighted by molar-refractivity contribution is 7.80. The van der Waals surface area contributed by atoms with Gasteiger partial charge in [0.2, 0.25) is 5.89 Å². The number of hydrogen-bond donors (Lipinski definition) is 2. The van der Waals surface area contributed by atoms with Crippen LogP contribution in [0, 0.1) is 12.8 Å². The van der Waals surface area contributed by atoms with Crippen molar-refractivity contribution in [3.05, 3.63) is 77.9 Å². The topological polar surface area (TPSA) is 76.4 Å². The van der Waals surface area contributed by atoms with E-state index in [0.717, 1.165) is 22.2 Å². The average molecular weight is 460 g/mol. The number of nitrogens with one attached hydrogen (secondary N) is 2. The van der Waals surface area contributed by atoms with E-state index < -0.39 is 0 Å². The Kier molecular flexibility index (Phi) is 6.70. The average Bonchev–Trinajstić information content (AvgIpc) is 3.21. The molecule has 33 heavy (non-hydrogen) atoms. The van der Waals surface area contributed by atoms with Crippen LogP contribution in [-0.2, 0) is 0 Å². The molecule has 0 fully saturated rings. The van der Waals surface area contributed by atoms with Gasteiger partial charge in [-0.1, -0.05) is 32.0 Å². The first kappa shape index (κ1) is 22.5. The van der Waals surface area contributed by atoms with Gasteiger partial charge in [-0.3, -0.25) is 10.1 Å². The zero-order valence-electron chi connectivity index (χ0n) is 18.7. The second-order valence-corrected chi connectivity index (χ2v) is 8.62. The summed E-state index contributed by atoms with van der Waals surface area (Å²) in [5, 5.41) is 5.95. The minimum absolute atomic E-state index is 0.193. The molecule has 0 spiro atoms. The molecular formula is C26H25N3O3S. The maximum atomic E-state index is 12.6. The van der Waals surface area contributed by atoms with Gasteiger partial charge in [-0.2, -0.15) is 0 Å². The first-order valence-corrected chi connectivity index (χ1v) is 11.1. The number of ether oxygens (including phenoxy) is 1. The van der Waals surface area contributed by atoms with E-state index in [0.29, 0.717) is 35.4 Å². The van der Waals surface area contributed by atoms with Crippen molar-refractivity contribution in [2.24, 2.45) is 5.92 Å². The molecule has 4 rings (SSSR count). The summed E-state index contributed by atoms with van der Waals surface area (Å²) in [4.78, 5) is 17.2. The Bertz CT molecular complexity index is 1310. The van der Waals surface area contributed by atoms with Crippen LogP contribution in [0.4, 0.5) is 5.69 Å². The number of aromatic nitrogens is 1. The predicted octanol–water partition coefficient (Wildman–Crippen LogP) is 5.96. The normalized spacial score (nSPS) is 10.9. The molecule has 0 saturated heterocycles. The minimum atomic E-state index is -0.312. The molecule has 168 valence electrons. The van der Waals surface area contributed by atoms with Crippen molar-refractivity contribution in [2.75, 3.05) is 11.9 Å². The van der Waals surface area contributed by atoms with Gasteiger partial charge in [-0.25, -0.2) is 4.98 Å². The van der Waals surface area contributed by atoms with Crippen molar-refractivity contribution < 1.29 is 13.9 Å². The third-order valence-corrected chi connectivity index (χ3v) is 5.02. The standard InChI is InChI=1S/C26H25N3O3S/c1-16(2)15-31-21-9-5-6-18(14-21)24(30)29-26(33)27-20-8-4-7-19(13-20)25-28-22-11-10-17(3)12-23(22)32-25/h4-14,16H,15H2,1-3H3,(H2,27,29,30,33). The number of benzene rings is 3. The van der Waals surface area contributed by atoms with Gasteiger partial charge in [0.25, 0.3) is 5.91 Å². The number of hydrogen-bond acceptors (Lipinski definition) is 5. The van der Waals surface area contributed by atoms with Gasteiger partial charge in [0.05, 0.1) is 6.61 Å². The summed E-state index contributed by atoms with van der Waals surface area (Å²) >= 11 is 5.34. The third-order valence-electron chi connectivity index (χ3n) is 4.82. The van der Waals surface area contributed by atoms with Gasteiger partial charge in [-0.15, -0.1) is 0 Å². The molecule has 0 atom stereocenters. The van der Waals surface area contributed by atoms with E-state index in [1.165, 1.54) is 0 Å². The summed E-state index contributed by atoms with van der Waals surface area (Å²) in [6, 6.07) is 20.4. The van der Waals surface area contributed by atoms with Gasteiger partial charge in [0, 0.05) is 16.8 Å². The number of amides is 1. The molecule has 1 amide bonds. The zero-order valence-corrected chi connectivity index (χ0v) is 19.5. The Morgan fingerprint density at radius 3 is 2.73 bits per heavy atom. The number of nitrogens with zero attached hydrogens (tertiary/aromatic N) is 1. The number of oxazole rings is 1. The molecular weight excluding hydrogens is 434 g/mol. The molecule has 1 aromatic heterocycles. The number of anilines is 1. The van der Waals surface area contributed by atoms with E-state index in [2.05, 4.69) is 29.5 Å². The first-order valence-electron chi connectivity index (χ1n) is 10.7. The Morgan fingerprint density at radius 2 is 1.91 bits per heavy atom. The van der Waals surface area contributed by atoms with Crippen molar-refractivity contribution in [1.82, 2.24) is 10.3 Å². The summed E-state index contributed by atoms with van der Waals surface area (Å²) in [6.45, 7) is 6.74. The van der Waals surface area contributed by atoms with Crippen LogP contribution in [0.15, 0.2) is 71.1 Å². The largest absolute Gasteiger partial charge is 0.493 e. The Morgan fingerprint density at radius 1 is 1.09 bits per heavy atom. The summed E-state index contributed by atoms with van der Waals surface area (Å²) < 4.78 is 11.6. The van der Waals surface area contributed by atoms with Gasteiger partial charge < -0.3 is 14.5 Å². The molecule has 0 aliphatic rings. The lowest BCUT2D eigenvalue weighted by molar-refractivity contribution is 0.0977. The minimum Gasteiger partial charge on any atom is -0.493 e. The summed E-state index contributed by atoms with van der Waals surface area (Å²) in [6.07, 6.45) is 0. The maximum absolute atomic E-state index is 12.6. The highest BCUT2D eigenvalue weighted by atomic mass is 32.1. The highest BCUT2D eigenvalue weighted by Crippen LogP contribution is 2.26. The van der Waals surface area contributed by atoms with Crippen molar-refractivity contribution in [2.45, 2.75) is 20.8 Å². The molecule has 0 aliphatic carbocycles. The molecule has 0 saturated carbocycles. The van der Waals surface area contributed by atoms with Gasteiger partial charge >= 0.3 is 0 Å². The van der Waals surface area contributed by atoms with Crippen molar-refractivity contribution in [3.63, 3.8) is 0 Å². The number of carbonyl (C=O) groups is 1. The fourth-order valence-corrected chi connectivity index (χ4v) is 3.42. The molecule has 0 bridgehead atoms. The lowest BCUT2D eigenvalue weighted by atomic mass is 10.2. The Balaban J connectivity index is 1.42. The van der Waals surface area contributed by atoms with Crippen LogP contribution in [0.1, 0.15) is 29.8 Å². The molecule has 0 radical (unpaired) electrons. The molecule has 1 heterocycles. The Labute approximate surface area is 198 Å². The van der Waals surface area contributed by atoms with E-state index in [-0.39, 0.29) is 11.0 Å².